The maximum atomic E-state index is 13.0. The minimum Gasteiger partial charge on any atom is -0.345 e. The molecule has 0 aliphatic carbocycles. The van der Waals surface area contributed by atoms with Gasteiger partial charge in [-0.1, -0.05) is 60.1 Å². The molecule has 0 saturated carbocycles. The molecule has 6 heteroatoms. The number of fused-ring (bicyclic) bond motifs is 1. The molecule has 1 aromatic heterocycles. The first-order chi connectivity index (χ1) is 14.1. The Morgan fingerprint density at radius 3 is 2.52 bits per heavy atom. The highest BCUT2D eigenvalue weighted by Gasteiger charge is 2.27. The molecule has 0 fully saturated rings. The van der Waals surface area contributed by atoms with Crippen molar-refractivity contribution in [1.29, 1.82) is 0 Å². The van der Waals surface area contributed by atoms with Gasteiger partial charge in [-0.3, -0.25) is 14.6 Å². The lowest BCUT2D eigenvalue weighted by Crippen LogP contribution is -2.34. The molecule has 0 bridgehead atoms. The van der Waals surface area contributed by atoms with Gasteiger partial charge in [-0.25, -0.2) is 0 Å². The van der Waals surface area contributed by atoms with Crippen LogP contribution in [0.3, 0.4) is 0 Å². The van der Waals surface area contributed by atoms with E-state index in [1.807, 2.05) is 42.5 Å². The number of aromatic nitrogens is 1. The van der Waals surface area contributed by atoms with Crippen LogP contribution in [0.4, 0.5) is 0 Å². The SMILES string of the molecule is O=C(N[C@H](CC(=O)N1Cc2cccnc2C1)c1ccccc1)c1ccccc1Cl. The third-order valence-electron chi connectivity index (χ3n) is 5.04. The summed E-state index contributed by atoms with van der Waals surface area (Å²) < 4.78 is 0. The molecular formula is C23H20ClN3O2. The molecule has 2 aromatic carbocycles. The van der Waals surface area contributed by atoms with Crippen LogP contribution in [0.2, 0.25) is 5.02 Å². The van der Waals surface area contributed by atoms with Crippen LogP contribution in [0.1, 0.15) is 39.6 Å². The second-order valence-electron chi connectivity index (χ2n) is 6.98. The van der Waals surface area contributed by atoms with Crippen molar-refractivity contribution >= 4 is 23.4 Å². The van der Waals surface area contributed by atoms with Crippen LogP contribution in [-0.4, -0.2) is 21.7 Å². The maximum Gasteiger partial charge on any atom is 0.253 e. The third kappa shape index (κ3) is 4.30. The second-order valence-corrected chi connectivity index (χ2v) is 7.39. The van der Waals surface area contributed by atoms with E-state index in [0.717, 1.165) is 16.8 Å². The van der Waals surface area contributed by atoms with Gasteiger partial charge < -0.3 is 10.2 Å². The van der Waals surface area contributed by atoms with E-state index in [0.29, 0.717) is 23.7 Å². The van der Waals surface area contributed by atoms with Crippen molar-refractivity contribution in [3.05, 3.63) is 100 Å². The number of hydrogen-bond donors (Lipinski definition) is 1. The number of carbonyl (C=O) groups is 2. The Morgan fingerprint density at radius 1 is 1.00 bits per heavy atom. The van der Waals surface area contributed by atoms with Crippen molar-refractivity contribution < 1.29 is 9.59 Å². The van der Waals surface area contributed by atoms with Gasteiger partial charge in [-0.2, -0.15) is 0 Å². The molecule has 3 aromatic rings. The first-order valence-electron chi connectivity index (χ1n) is 9.42. The molecule has 1 aliphatic heterocycles. The Morgan fingerprint density at radius 2 is 1.76 bits per heavy atom. The van der Waals surface area contributed by atoms with Crippen LogP contribution in [0.15, 0.2) is 72.9 Å². The lowest BCUT2D eigenvalue weighted by molar-refractivity contribution is -0.132. The first kappa shape index (κ1) is 19.2. The summed E-state index contributed by atoms with van der Waals surface area (Å²) in [5.74, 6) is -0.333. The number of pyridine rings is 1. The topological polar surface area (TPSA) is 62.3 Å². The summed E-state index contributed by atoms with van der Waals surface area (Å²) in [6, 6.07) is 19.8. The van der Waals surface area contributed by atoms with Crippen LogP contribution < -0.4 is 5.32 Å². The number of hydrogen-bond acceptors (Lipinski definition) is 3. The van der Waals surface area contributed by atoms with Gasteiger partial charge in [0.2, 0.25) is 5.91 Å². The monoisotopic (exact) mass is 405 g/mol. The molecule has 1 N–H and O–H groups in total. The third-order valence-corrected chi connectivity index (χ3v) is 5.37. The van der Waals surface area contributed by atoms with Crippen molar-refractivity contribution in [1.82, 2.24) is 15.2 Å². The average molecular weight is 406 g/mol. The Labute approximate surface area is 174 Å². The number of carbonyl (C=O) groups excluding carboxylic acids is 2. The quantitative estimate of drug-likeness (QED) is 0.694. The van der Waals surface area contributed by atoms with Crippen LogP contribution in [0, 0.1) is 0 Å². The molecule has 1 atom stereocenters. The summed E-state index contributed by atoms with van der Waals surface area (Å²) in [7, 11) is 0. The molecule has 29 heavy (non-hydrogen) atoms. The molecule has 0 saturated heterocycles. The van der Waals surface area contributed by atoms with Gasteiger partial charge >= 0.3 is 0 Å². The Balaban J connectivity index is 1.52. The van der Waals surface area contributed by atoms with E-state index in [2.05, 4.69) is 10.3 Å². The molecule has 1 aliphatic rings. The largest absolute Gasteiger partial charge is 0.345 e. The van der Waals surface area contributed by atoms with E-state index in [9.17, 15) is 9.59 Å². The second kappa shape index (κ2) is 8.45. The van der Waals surface area contributed by atoms with Crippen molar-refractivity contribution in [3.8, 4) is 0 Å². The first-order valence-corrected chi connectivity index (χ1v) is 9.80. The van der Waals surface area contributed by atoms with Gasteiger partial charge in [-0.15, -0.1) is 0 Å². The number of nitrogens with one attached hydrogen (secondary N) is 1. The highest BCUT2D eigenvalue weighted by Crippen LogP contribution is 2.25. The number of amides is 2. The molecule has 2 heterocycles. The van der Waals surface area contributed by atoms with E-state index in [-0.39, 0.29) is 18.2 Å². The molecule has 0 spiro atoms. The smallest absolute Gasteiger partial charge is 0.253 e. The Hall–Kier alpha value is -3.18. The van der Waals surface area contributed by atoms with Gasteiger partial charge in [-0.05, 0) is 29.3 Å². The fourth-order valence-corrected chi connectivity index (χ4v) is 3.72. The summed E-state index contributed by atoms with van der Waals surface area (Å²) in [6.07, 6.45) is 1.90. The number of nitrogens with zero attached hydrogens (tertiary/aromatic N) is 2. The minimum absolute atomic E-state index is 0.0312. The van der Waals surface area contributed by atoms with E-state index < -0.39 is 6.04 Å². The van der Waals surface area contributed by atoms with Gasteiger partial charge in [0.25, 0.3) is 5.91 Å². The van der Waals surface area contributed by atoms with E-state index >= 15 is 0 Å². The zero-order valence-corrected chi connectivity index (χ0v) is 16.5. The van der Waals surface area contributed by atoms with Gasteiger partial charge in [0.05, 0.1) is 35.3 Å². The summed E-state index contributed by atoms with van der Waals surface area (Å²) in [4.78, 5) is 31.9. The average Bonchev–Trinajstić information content (AvgIpc) is 3.18. The number of benzene rings is 2. The molecule has 0 radical (unpaired) electrons. The van der Waals surface area contributed by atoms with E-state index in [1.54, 1.807) is 35.4 Å². The zero-order chi connectivity index (χ0) is 20.2. The fourth-order valence-electron chi connectivity index (χ4n) is 3.50. The number of halogens is 1. The molecule has 146 valence electrons. The minimum atomic E-state index is -0.454. The van der Waals surface area contributed by atoms with E-state index in [4.69, 9.17) is 11.6 Å². The molecule has 5 nitrogen and oxygen atoms in total. The van der Waals surface area contributed by atoms with E-state index in [1.165, 1.54) is 0 Å². The van der Waals surface area contributed by atoms with Crippen molar-refractivity contribution in [2.75, 3.05) is 0 Å². The standard InChI is InChI=1S/C23H20ClN3O2/c24-19-11-5-4-10-18(19)23(29)26-20(16-7-2-1-3-8-16)13-22(28)27-14-17-9-6-12-25-21(17)15-27/h1-12,20H,13-15H2,(H,26,29)/t20-/m1/s1. The Bertz CT molecular complexity index is 1010. The molecular weight excluding hydrogens is 386 g/mol. The zero-order valence-electron chi connectivity index (χ0n) is 15.7. The lowest BCUT2D eigenvalue weighted by Gasteiger charge is -2.22. The highest BCUT2D eigenvalue weighted by molar-refractivity contribution is 6.33. The van der Waals surface area contributed by atoms with Gasteiger partial charge in [0, 0.05) is 12.7 Å². The molecule has 4 rings (SSSR count). The summed E-state index contributed by atoms with van der Waals surface area (Å²) in [5.41, 5.74) is 3.26. The van der Waals surface area contributed by atoms with Crippen LogP contribution >= 0.6 is 11.6 Å². The van der Waals surface area contributed by atoms with Crippen LogP contribution in [-0.2, 0) is 17.9 Å². The predicted octanol–water partition coefficient (Wildman–Crippen LogP) is 4.14. The Kier molecular flexibility index (Phi) is 5.58. The highest BCUT2D eigenvalue weighted by atomic mass is 35.5. The summed E-state index contributed by atoms with van der Waals surface area (Å²) >= 11 is 6.17. The van der Waals surface area contributed by atoms with Crippen molar-refractivity contribution in [3.63, 3.8) is 0 Å². The molecule has 0 unspecified atom stereocenters. The van der Waals surface area contributed by atoms with Crippen molar-refractivity contribution in [2.24, 2.45) is 0 Å². The van der Waals surface area contributed by atoms with Crippen LogP contribution in [0.25, 0.3) is 0 Å². The molecule has 2 amide bonds. The number of rotatable bonds is 5. The fraction of sp³-hybridized carbons (Fsp3) is 0.174. The van der Waals surface area contributed by atoms with Gasteiger partial charge in [0.15, 0.2) is 0 Å². The summed E-state index contributed by atoms with van der Waals surface area (Å²) in [6.45, 7) is 1.04. The normalized spacial score (nSPS) is 13.6. The van der Waals surface area contributed by atoms with Crippen molar-refractivity contribution in [2.45, 2.75) is 25.6 Å². The van der Waals surface area contributed by atoms with Crippen LogP contribution in [0.5, 0.6) is 0 Å². The predicted molar refractivity (Wildman–Crippen MR) is 111 cm³/mol. The maximum absolute atomic E-state index is 13.0. The lowest BCUT2D eigenvalue weighted by atomic mass is 10.0. The van der Waals surface area contributed by atoms with Gasteiger partial charge in [0.1, 0.15) is 0 Å². The summed E-state index contributed by atoms with van der Waals surface area (Å²) in [5, 5.41) is 3.36.